The van der Waals surface area contributed by atoms with Gasteiger partial charge in [-0.2, -0.15) is 0 Å². The molecule has 1 heterocycles. The van der Waals surface area contributed by atoms with Gasteiger partial charge >= 0.3 is 18.0 Å². The summed E-state index contributed by atoms with van der Waals surface area (Å²) in [4.78, 5) is 46.0. The van der Waals surface area contributed by atoms with Crippen molar-refractivity contribution in [2.75, 3.05) is 13.2 Å². The molecule has 10 nitrogen and oxygen atoms in total. The van der Waals surface area contributed by atoms with E-state index in [4.69, 9.17) is 21.1 Å². The zero-order chi connectivity index (χ0) is 21.6. The van der Waals surface area contributed by atoms with Gasteiger partial charge in [-0.15, -0.1) is 0 Å². The minimum Gasteiger partial charge on any atom is -0.463 e. The van der Waals surface area contributed by atoms with Gasteiger partial charge in [-0.3, -0.25) is 10.1 Å². The molecule has 0 aliphatic carbocycles. The Morgan fingerprint density at radius 1 is 1.34 bits per heavy atom. The molecule has 2 rings (SSSR count). The summed E-state index contributed by atoms with van der Waals surface area (Å²) in [6, 6.07) is 2.88. The van der Waals surface area contributed by atoms with Gasteiger partial charge < -0.3 is 20.1 Å². The van der Waals surface area contributed by atoms with Crippen molar-refractivity contribution in [3.63, 3.8) is 0 Å². The number of nitrogens with one attached hydrogen (secondary N) is 2. The number of ether oxygens (including phenoxy) is 2. The first kappa shape index (κ1) is 21.9. The van der Waals surface area contributed by atoms with E-state index in [-0.39, 0.29) is 35.2 Å². The Kier molecular flexibility index (Phi) is 7.32. The second-order valence-electron chi connectivity index (χ2n) is 5.84. The summed E-state index contributed by atoms with van der Waals surface area (Å²) in [7, 11) is 0. The van der Waals surface area contributed by atoms with Gasteiger partial charge in [0.05, 0.1) is 28.8 Å². The third kappa shape index (κ3) is 5.79. The summed E-state index contributed by atoms with van der Waals surface area (Å²) < 4.78 is 10.0. The molecular weight excluding hydrogens is 406 g/mol. The van der Waals surface area contributed by atoms with E-state index < -0.39 is 28.9 Å². The quantitative estimate of drug-likeness (QED) is 0.297. The Hall–Kier alpha value is -3.40. The lowest BCUT2D eigenvalue weighted by molar-refractivity contribution is -0.384. The predicted octanol–water partition coefficient (Wildman–Crippen LogP) is 2.32. The molecule has 1 aromatic carbocycles. The van der Waals surface area contributed by atoms with Crippen molar-refractivity contribution < 1.29 is 28.8 Å². The van der Waals surface area contributed by atoms with E-state index in [0.29, 0.717) is 5.56 Å². The van der Waals surface area contributed by atoms with Gasteiger partial charge in [0, 0.05) is 12.1 Å². The monoisotopic (exact) mass is 423 g/mol. The van der Waals surface area contributed by atoms with Crippen molar-refractivity contribution >= 4 is 41.3 Å². The molecule has 1 atom stereocenters. The maximum absolute atomic E-state index is 12.1. The molecule has 1 aliphatic heterocycles. The van der Waals surface area contributed by atoms with Crippen LogP contribution >= 0.6 is 11.6 Å². The molecule has 0 aromatic heterocycles. The minimum atomic E-state index is -0.779. The number of carbonyl (C=O) groups excluding carboxylic acids is 3. The van der Waals surface area contributed by atoms with Gasteiger partial charge in [0.15, 0.2) is 0 Å². The summed E-state index contributed by atoms with van der Waals surface area (Å²) >= 11 is 5.74. The van der Waals surface area contributed by atoms with Crippen LogP contribution in [-0.2, 0) is 19.1 Å². The number of rotatable bonds is 7. The van der Waals surface area contributed by atoms with Crippen molar-refractivity contribution in [1.82, 2.24) is 10.6 Å². The predicted molar refractivity (Wildman–Crippen MR) is 103 cm³/mol. The first-order valence-electron chi connectivity index (χ1n) is 8.49. The molecule has 1 aliphatic rings. The third-order valence-electron chi connectivity index (χ3n) is 3.80. The zero-order valence-electron chi connectivity index (χ0n) is 15.6. The largest absolute Gasteiger partial charge is 0.463 e. The third-order valence-corrected chi connectivity index (χ3v) is 4.12. The van der Waals surface area contributed by atoms with Crippen molar-refractivity contribution in [2.24, 2.45) is 0 Å². The molecule has 1 unspecified atom stereocenters. The van der Waals surface area contributed by atoms with Gasteiger partial charge in [0.25, 0.3) is 5.69 Å². The number of benzene rings is 1. The van der Waals surface area contributed by atoms with E-state index in [1.165, 1.54) is 24.3 Å². The molecule has 29 heavy (non-hydrogen) atoms. The highest BCUT2D eigenvalue weighted by Crippen LogP contribution is 2.25. The molecule has 1 aromatic rings. The van der Waals surface area contributed by atoms with E-state index in [9.17, 15) is 24.5 Å². The Bertz CT molecular complexity index is 911. The molecule has 0 radical (unpaired) electrons. The molecule has 0 saturated carbocycles. The Balaban J connectivity index is 2.10. The number of esters is 2. The van der Waals surface area contributed by atoms with Crippen LogP contribution in [0.3, 0.4) is 0 Å². The van der Waals surface area contributed by atoms with Crippen LogP contribution in [0.4, 0.5) is 10.5 Å². The van der Waals surface area contributed by atoms with E-state index >= 15 is 0 Å². The van der Waals surface area contributed by atoms with Crippen LogP contribution in [0.5, 0.6) is 0 Å². The zero-order valence-corrected chi connectivity index (χ0v) is 16.3. The maximum Gasteiger partial charge on any atom is 0.338 e. The number of nitro groups is 1. The van der Waals surface area contributed by atoms with Crippen molar-refractivity contribution in [1.29, 1.82) is 0 Å². The van der Waals surface area contributed by atoms with Crippen molar-refractivity contribution in [2.45, 2.75) is 19.9 Å². The van der Waals surface area contributed by atoms with Crippen molar-refractivity contribution in [3.05, 3.63) is 56.2 Å². The standard InChI is InChI=1S/C18H18ClN3O7/c1-3-28-17(24)16-10(2)20-18(25)21-13(16)9-29-15(23)7-5-11-4-6-12(19)14(8-11)22(26)27/h4-8,10H,3,9H2,1-2H3,(H2,20,21,25)/b7-5+. The van der Waals surface area contributed by atoms with Gasteiger partial charge in [0.1, 0.15) is 11.6 Å². The molecule has 2 amide bonds. The second-order valence-corrected chi connectivity index (χ2v) is 6.25. The first-order chi connectivity index (χ1) is 13.7. The van der Waals surface area contributed by atoms with Crippen LogP contribution < -0.4 is 10.6 Å². The highest BCUT2D eigenvalue weighted by molar-refractivity contribution is 6.32. The lowest BCUT2D eigenvalue weighted by atomic mass is 10.0. The van der Waals surface area contributed by atoms with E-state index in [1.807, 2.05) is 0 Å². The number of halogens is 1. The van der Waals surface area contributed by atoms with Gasteiger partial charge in [-0.25, -0.2) is 14.4 Å². The van der Waals surface area contributed by atoms with Crippen LogP contribution in [0.1, 0.15) is 19.4 Å². The van der Waals surface area contributed by atoms with Crippen molar-refractivity contribution in [3.8, 4) is 0 Å². The van der Waals surface area contributed by atoms with Gasteiger partial charge in [0.2, 0.25) is 0 Å². The topological polar surface area (TPSA) is 137 Å². The SMILES string of the molecule is CCOC(=O)C1=C(COC(=O)/C=C/c2ccc(Cl)c([N+](=O)[O-])c2)NC(=O)NC1C. The Morgan fingerprint density at radius 2 is 2.07 bits per heavy atom. The number of hydrogen-bond acceptors (Lipinski definition) is 7. The normalized spacial score (nSPS) is 16.2. The van der Waals surface area contributed by atoms with Gasteiger partial charge in [-0.1, -0.05) is 17.7 Å². The lowest BCUT2D eigenvalue weighted by Crippen LogP contribution is -2.50. The summed E-state index contributed by atoms with van der Waals surface area (Å²) in [6.45, 7) is 3.02. The fraction of sp³-hybridized carbons (Fsp3) is 0.278. The first-order valence-corrected chi connectivity index (χ1v) is 8.87. The molecule has 0 fully saturated rings. The summed E-state index contributed by atoms with van der Waals surface area (Å²) in [5.74, 6) is -1.42. The van der Waals surface area contributed by atoms with Crippen LogP contribution in [0, 0.1) is 10.1 Å². The van der Waals surface area contributed by atoms with E-state index in [1.54, 1.807) is 13.8 Å². The maximum atomic E-state index is 12.1. The van der Waals surface area contributed by atoms with Crippen LogP contribution in [0.15, 0.2) is 35.5 Å². The minimum absolute atomic E-state index is 0.0241. The fourth-order valence-corrected chi connectivity index (χ4v) is 2.71. The van der Waals surface area contributed by atoms with Gasteiger partial charge in [-0.05, 0) is 31.6 Å². The second kappa shape index (κ2) is 9.69. The van der Waals surface area contributed by atoms with Crippen LogP contribution in [0.2, 0.25) is 5.02 Å². The van der Waals surface area contributed by atoms with Crippen LogP contribution in [-0.4, -0.2) is 42.1 Å². The smallest absolute Gasteiger partial charge is 0.338 e. The van der Waals surface area contributed by atoms with E-state index in [2.05, 4.69) is 10.6 Å². The molecular formula is C18H18ClN3O7. The van der Waals surface area contributed by atoms with Crippen LogP contribution in [0.25, 0.3) is 6.08 Å². The molecule has 2 N–H and O–H groups in total. The number of nitro benzene ring substituents is 1. The number of hydrogen-bond donors (Lipinski definition) is 2. The molecule has 0 saturated heterocycles. The highest BCUT2D eigenvalue weighted by atomic mass is 35.5. The summed E-state index contributed by atoms with van der Waals surface area (Å²) in [6.07, 6.45) is 2.37. The number of carbonyl (C=O) groups is 3. The fourth-order valence-electron chi connectivity index (χ4n) is 2.52. The average molecular weight is 424 g/mol. The van der Waals surface area contributed by atoms with E-state index in [0.717, 1.165) is 6.08 Å². The highest BCUT2D eigenvalue weighted by Gasteiger charge is 2.30. The Labute approximate surface area is 170 Å². The number of urea groups is 1. The number of amides is 2. The summed E-state index contributed by atoms with van der Waals surface area (Å²) in [5.41, 5.74) is 0.339. The average Bonchev–Trinajstić information content (AvgIpc) is 2.65. The summed E-state index contributed by atoms with van der Waals surface area (Å²) in [5, 5.41) is 15.8. The number of nitrogens with zero attached hydrogens (tertiary/aromatic N) is 1. The lowest BCUT2D eigenvalue weighted by Gasteiger charge is -2.26. The molecule has 0 spiro atoms. The molecule has 154 valence electrons. The Morgan fingerprint density at radius 3 is 2.72 bits per heavy atom. The molecule has 11 heteroatoms. The molecule has 0 bridgehead atoms.